The van der Waals surface area contributed by atoms with Gasteiger partial charge in [0.15, 0.2) is 0 Å². The third kappa shape index (κ3) is 2.60. The molecule has 2 N–H and O–H groups in total. The van der Waals surface area contributed by atoms with E-state index in [0.717, 1.165) is 16.3 Å². The Morgan fingerprint density at radius 2 is 1.94 bits per heavy atom. The second-order valence-electron chi connectivity index (χ2n) is 4.79. The minimum absolute atomic E-state index is 0.401. The van der Waals surface area contributed by atoms with E-state index in [2.05, 4.69) is 30.7 Å². The summed E-state index contributed by atoms with van der Waals surface area (Å²) < 4.78 is 0. The van der Waals surface area contributed by atoms with Gasteiger partial charge in [-0.25, -0.2) is 4.98 Å². The van der Waals surface area contributed by atoms with Crippen molar-refractivity contribution in [3.8, 4) is 10.6 Å². The lowest BCUT2D eigenvalue weighted by atomic mass is 9.93. The number of hydrogen-bond acceptors (Lipinski definition) is 4. The molecule has 2 rings (SSSR count). The van der Waals surface area contributed by atoms with E-state index >= 15 is 0 Å². The summed E-state index contributed by atoms with van der Waals surface area (Å²) >= 11 is 1.75. The van der Waals surface area contributed by atoms with Gasteiger partial charge in [-0.05, 0) is 25.0 Å². The van der Waals surface area contributed by atoms with Crippen LogP contribution in [0.15, 0.2) is 24.5 Å². The number of aryl methyl sites for hydroxylation is 1. The van der Waals surface area contributed by atoms with E-state index in [0.29, 0.717) is 18.4 Å². The minimum atomic E-state index is 0.401. The number of pyridine rings is 1. The number of rotatable bonds is 4. The summed E-state index contributed by atoms with van der Waals surface area (Å²) in [5.41, 5.74) is 8.13. The molecule has 0 aliphatic rings. The van der Waals surface area contributed by atoms with Gasteiger partial charge in [0, 0.05) is 35.3 Å². The van der Waals surface area contributed by atoms with Gasteiger partial charge in [-0.15, -0.1) is 11.3 Å². The van der Waals surface area contributed by atoms with E-state index in [4.69, 9.17) is 5.73 Å². The van der Waals surface area contributed by atoms with Crippen molar-refractivity contribution >= 4 is 11.3 Å². The van der Waals surface area contributed by atoms with E-state index in [-0.39, 0.29) is 0 Å². The Hall–Kier alpha value is -1.26. The van der Waals surface area contributed by atoms with Crippen LogP contribution in [0.1, 0.15) is 30.3 Å². The van der Waals surface area contributed by atoms with Crippen LogP contribution in [0.2, 0.25) is 0 Å². The molecule has 2 aromatic heterocycles. The van der Waals surface area contributed by atoms with E-state index in [1.54, 1.807) is 23.7 Å². The predicted molar refractivity (Wildman–Crippen MR) is 76.7 cm³/mol. The quantitative estimate of drug-likeness (QED) is 0.919. The van der Waals surface area contributed by atoms with Gasteiger partial charge in [-0.2, -0.15) is 0 Å². The highest BCUT2D eigenvalue weighted by Gasteiger charge is 2.20. The summed E-state index contributed by atoms with van der Waals surface area (Å²) in [7, 11) is 0. The number of nitrogens with two attached hydrogens (primary N) is 1. The Balaban J connectivity index is 2.38. The van der Waals surface area contributed by atoms with Crippen molar-refractivity contribution in [2.75, 3.05) is 6.54 Å². The number of thiazole rings is 1. The first kappa shape index (κ1) is 13.2. The fourth-order valence-electron chi connectivity index (χ4n) is 2.05. The molecule has 2 heterocycles. The molecule has 0 radical (unpaired) electrons. The van der Waals surface area contributed by atoms with Crippen molar-refractivity contribution < 1.29 is 0 Å². The van der Waals surface area contributed by atoms with Gasteiger partial charge in [0.1, 0.15) is 5.01 Å². The van der Waals surface area contributed by atoms with Crippen LogP contribution in [0.3, 0.4) is 0 Å². The van der Waals surface area contributed by atoms with Gasteiger partial charge in [-0.1, -0.05) is 13.8 Å². The molecule has 0 bridgehead atoms. The Morgan fingerprint density at radius 3 is 2.50 bits per heavy atom. The van der Waals surface area contributed by atoms with Crippen molar-refractivity contribution in [2.24, 2.45) is 11.7 Å². The van der Waals surface area contributed by atoms with E-state index in [9.17, 15) is 0 Å². The largest absolute Gasteiger partial charge is 0.330 e. The highest BCUT2D eigenvalue weighted by Crippen LogP contribution is 2.35. The van der Waals surface area contributed by atoms with Crippen LogP contribution >= 0.6 is 11.3 Å². The summed E-state index contributed by atoms with van der Waals surface area (Å²) in [4.78, 5) is 10.0. The van der Waals surface area contributed by atoms with E-state index in [1.165, 1.54) is 4.88 Å². The van der Waals surface area contributed by atoms with Crippen molar-refractivity contribution in [3.05, 3.63) is 35.1 Å². The monoisotopic (exact) mass is 261 g/mol. The third-order valence-corrected chi connectivity index (χ3v) is 4.49. The first-order chi connectivity index (χ1) is 8.63. The van der Waals surface area contributed by atoms with Crippen LogP contribution in [0.5, 0.6) is 0 Å². The molecule has 0 fully saturated rings. The molecule has 0 aromatic carbocycles. The molecular formula is C14H19N3S. The van der Waals surface area contributed by atoms with Crippen LogP contribution in [-0.2, 0) is 0 Å². The molecule has 0 aliphatic heterocycles. The summed E-state index contributed by atoms with van der Waals surface area (Å²) in [6.07, 6.45) is 3.60. The maximum Gasteiger partial charge on any atom is 0.123 e. The number of hydrogen-bond donors (Lipinski definition) is 1. The van der Waals surface area contributed by atoms with Crippen molar-refractivity contribution in [1.82, 2.24) is 9.97 Å². The van der Waals surface area contributed by atoms with Crippen LogP contribution < -0.4 is 5.73 Å². The highest BCUT2D eigenvalue weighted by atomic mass is 32.1. The van der Waals surface area contributed by atoms with Gasteiger partial charge in [0.25, 0.3) is 0 Å². The van der Waals surface area contributed by atoms with Gasteiger partial charge < -0.3 is 5.73 Å². The molecule has 18 heavy (non-hydrogen) atoms. The Labute approximate surface area is 112 Å². The van der Waals surface area contributed by atoms with Crippen LogP contribution in [0, 0.1) is 12.8 Å². The first-order valence-electron chi connectivity index (χ1n) is 6.21. The standard InChI is InChI=1S/C14H19N3S/c1-9(2)12(8-15)13-10(3)17-14(18-13)11-4-6-16-7-5-11/h4-7,9,12H,8,15H2,1-3H3. The molecule has 1 atom stereocenters. The SMILES string of the molecule is Cc1nc(-c2ccncc2)sc1C(CN)C(C)C. The molecule has 2 aromatic rings. The van der Waals surface area contributed by atoms with Crippen LogP contribution in [0.25, 0.3) is 10.6 Å². The fourth-order valence-corrected chi connectivity index (χ4v) is 3.41. The first-order valence-corrected chi connectivity index (χ1v) is 7.03. The Morgan fingerprint density at radius 1 is 1.28 bits per heavy atom. The molecule has 96 valence electrons. The van der Waals surface area contributed by atoms with Crippen LogP contribution in [-0.4, -0.2) is 16.5 Å². The zero-order valence-electron chi connectivity index (χ0n) is 11.1. The maximum absolute atomic E-state index is 5.89. The van der Waals surface area contributed by atoms with Crippen molar-refractivity contribution in [1.29, 1.82) is 0 Å². The predicted octanol–water partition coefficient (Wildman–Crippen LogP) is 3.21. The lowest BCUT2D eigenvalue weighted by Crippen LogP contribution is -2.17. The Kier molecular flexibility index (Phi) is 4.09. The summed E-state index contributed by atoms with van der Waals surface area (Å²) in [5.74, 6) is 0.942. The van der Waals surface area contributed by atoms with Gasteiger partial charge in [-0.3, -0.25) is 4.98 Å². The number of nitrogens with zero attached hydrogens (tertiary/aromatic N) is 2. The van der Waals surface area contributed by atoms with Crippen LogP contribution in [0.4, 0.5) is 0 Å². The fraction of sp³-hybridized carbons (Fsp3) is 0.429. The molecule has 0 saturated carbocycles. The van der Waals surface area contributed by atoms with E-state index < -0.39 is 0 Å². The summed E-state index contributed by atoms with van der Waals surface area (Å²) in [6, 6.07) is 3.99. The molecule has 3 nitrogen and oxygen atoms in total. The van der Waals surface area contributed by atoms with Gasteiger partial charge in [0.2, 0.25) is 0 Å². The second-order valence-corrected chi connectivity index (χ2v) is 5.82. The zero-order valence-corrected chi connectivity index (χ0v) is 11.9. The lowest BCUT2D eigenvalue weighted by molar-refractivity contribution is 0.510. The molecule has 0 spiro atoms. The number of aromatic nitrogens is 2. The zero-order chi connectivity index (χ0) is 13.1. The summed E-state index contributed by atoms with van der Waals surface area (Å²) in [5, 5.41) is 1.06. The molecule has 4 heteroatoms. The topological polar surface area (TPSA) is 51.8 Å². The Bertz CT molecular complexity index is 505. The second kappa shape index (κ2) is 5.59. The molecule has 0 saturated heterocycles. The summed E-state index contributed by atoms with van der Waals surface area (Å²) in [6.45, 7) is 7.17. The molecular weight excluding hydrogens is 242 g/mol. The lowest BCUT2D eigenvalue weighted by Gasteiger charge is -2.17. The third-order valence-electron chi connectivity index (χ3n) is 3.16. The average Bonchev–Trinajstić information content (AvgIpc) is 2.73. The average molecular weight is 261 g/mol. The maximum atomic E-state index is 5.89. The van der Waals surface area contributed by atoms with Gasteiger partial charge >= 0.3 is 0 Å². The van der Waals surface area contributed by atoms with Crippen molar-refractivity contribution in [3.63, 3.8) is 0 Å². The smallest absolute Gasteiger partial charge is 0.123 e. The normalized spacial score (nSPS) is 12.9. The molecule has 0 aliphatic carbocycles. The molecule has 1 unspecified atom stereocenters. The van der Waals surface area contributed by atoms with Gasteiger partial charge in [0.05, 0.1) is 5.69 Å². The van der Waals surface area contributed by atoms with Crippen molar-refractivity contribution in [2.45, 2.75) is 26.7 Å². The van der Waals surface area contributed by atoms with E-state index in [1.807, 2.05) is 12.1 Å². The minimum Gasteiger partial charge on any atom is -0.330 e. The molecule has 0 amide bonds. The highest BCUT2D eigenvalue weighted by molar-refractivity contribution is 7.15.